The molecule has 3 heteroatoms. The van der Waals surface area contributed by atoms with Gasteiger partial charge in [-0.15, -0.1) is 0 Å². The van der Waals surface area contributed by atoms with Gasteiger partial charge in [-0.25, -0.2) is 4.98 Å². The number of rotatable bonds is 2. The van der Waals surface area contributed by atoms with E-state index in [2.05, 4.69) is 33.8 Å². The summed E-state index contributed by atoms with van der Waals surface area (Å²) in [5, 5.41) is 0.704. The zero-order chi connectivity index (χ0) is 11.7. The van der Waals surface area contributed by atoms with Gasteiger partial charge in [0.1, 0.15) is 5.82 Å². The van der Waals surface area contributed by atoms with Gasteiger partial charge in [0.15, 0.2) is 5.15 Å². The SMILES string of the molecule is Clc1nc(Cc2ccccc2)n2c1CCCC2. The van der Waals surface area contributed by atoms with Crippen molar-refractivity contribution >= 4 is 11.6 Å². The molecular weight excluding hydrogens is 232 g/mol. The van der Waals surface area contributed by atoms with Gasteiger partial charge >= 0.3 is 0 Å². The molecule has 0 amide bonds. The van der Waals surface area contributed by atoms with Gasteiger partial charge in [-0.1, -0.05) is 41.9 Å². The Kier molecular flexibility index (Phi) is 2.89. The number of hydrogen-bond donors (Lipinski definition) is 0. The first-order chi connectivity index (χ1) is 8.34. The predicted octanol–water partition coefficient (Wildman–Crippen LogP) is 3.46. The van der Waals surface area contributed by atoms with Crippen LogP contribution in [0, 0.1) is 0 Å². The van der Waals surface area contributed by atoms with Crippen molar-refractivity contribution in [2.75, 3.05) is 0 Å². The van der Waals surface area contributed by atoms with E-state index in [1.165, 1.54) is 24.1 Å². The van der Waals surface area contributed by atoms with Crippen molar-refractivity contribution in [3.05, 3.63) is 52.6 Å². The molecule has 0 N–H and O–H groups in total. The number of hydrogen-bond acceptors (Lipinski definition) is 1. The molecule has 0 fully saturated rings. The highest BCUT2D eigenvalue weighted by atomic mass is 35.5. The Hall–Kier alpha value is -1.28. The average Bonchev–Trinajstić information content (AvgIpc) is 2.69. The first-order valence-electron chi connectivity index (χ1n) is 6.12. The molecule has 1 aromatic carbocycles. The molecular formula is C14H15ClN2. The summed E-state index contributed by atoms with van der Waals surface area (Å²) in [7, 11) is 0. The van der Waals surface area contributed by atoms with Crippen LogP contribution in [0.15, 0.2) is 30.3 Å². The smallest absolute Gasteiger partial charge is 0.150 e. The molecule has 1 aromatic heterocycles. The van der Waals surface area contributed by atoms with Crippen molar-refractivity contribution in [1.29, 1.82) is 0 Å². The van der Waals surface area contributed by atoms with E-state index in [1.54, 1.807) is 0 Å². The van der Waals surface area contributed by atoms with Gasteiger partial charge in [-0.3, -0.25) is 0 Å². The van der Waals surface area contributed by atoms with Gasteiger partial charge in [0.05, 0.1) is 5.69 Å². The maximum absolute atomic E-state index is 6.20. The lowest BCUT2D eigenvalue weighted by Gasteiger charge is -2.16. The number of aromatic nitrogens is 2. The predicted molar refractivity (Wildman–Crippen MR) is 69.4 cm³/mol. The molecule has 0 unspecified atom stereocenters. The highest BCUT2D eigenvalue weighted by Gasteiger charge is 2.18. The fourth-order valence-electron chi connectivity index (χ4n) is 2.48. The zero-order valence-corrected chi connectivity index (χ0v) is 10.5. The quantitative estimate of drug-likeness (QED) is 0.794. The van der Waals surface area contributed by atoms with Crippen LogP contribution in [-0.2, 0) is 19.4 Å². The fourth-order valence-corrected chi connectivity index (χ4v) is 2.78. The molecule has 0 radical (unpaired) electrons. The Morgan fingerprint density at radius 2 is 2.00 bits per heavy atom. The lowest BCUT2D eigenvalue weighted by molar-refractivity contribution is 0.518. The van der Waals surface area contributed by atoms with Gasteiger partial charge in [0.25, 0.3) is 0 Å². The Morgan fingerprint density at radius 3 is 2.82 bits per heavy atom. The van der Waals surface area contributed by atoms with E-state index in [9.17, 15) is 0 Å². The fraction of sp³-hybridized carbons (Fsp3) is 0.357. The van der Waals surface area contributed by atoms with E-state index in [4.69, 9.17) is 11.6 Å². The molecule has 0 bridgehead atoms. The summed E-state index contributed by atoms with van der Waals surface area (Å²) in [5.41, 5.74) is 2.52. The number of benzene rings is 1. The van der Waals surface area contributed by atoms with Crippen LogP contribution in [0.5, 0.6) is 0 Å². The second-order valence-corrected chi connectivity index (χ2v) is 4.89. The minimum absolute atomic E-state index is 0.704. The molecule has 2 aromatic rings. The summed E-state index contributed by atoms with van der Waals surface area (Å²) in [6.45, 7) is 1.07. The molecule has 3 rings (SSSR count). The van der Waals surface area contributed by atoms with E-state index in [0.717, 1.165) is 25.2 Å². The maximum atomic E-state index is 6.20. The van der Waals surface area contributed by atoms with Crippen LogP contribution in [0.3, 0.4) is 0 Å². The molecule has 1 aliphatic rings. The van der Waals surface area contributed by atoms with Crippen LogP contribution in [0.1, 0.15) is 29.9 Å². The normalized spacial score (nSPS) is 14.6. The Labute approximate surface area is 106 Å². The second kappa shape index (κ2) is 4.53. The Bertz CT molecular complexity index is 517. The van der Waals surface area contributed by atoms with Crippen LogP contribution in [0.25, 0.3) is 0 Å². The largest absolute Gasteiger partial charge is 0.330 e. The monoisotopic (exact) mass is 246 g/mol. The summed E-state index contributed by atoms with van der Waals surface area (Å²) in [5.74, 6) is 1.11. The van der Waals surface area contributed by atoms with Gasteiger partial charge in [0, 0.05) is 13.0 Å². The molecule has 88 valence electrons. The molecule has 0 saturated heterocycles. The van der Waals surface area contributed by atoms with Crippen LogP contribution in [0.4, 0.5) is 0 Å². The van der Waals surface area contributed by atoms with Crippen molar-refractivity contribution in [2.24, 2.45) is 0 Å². The van der Waals surface area contributed by atoms with E-state index in [1.807, 2.05) is 6.07 Å². The number of halogens is 1. The van der Waals surface area contributed by atoms with E-state index >= 15 is 0 Å². The minimum atomic E-state index is 0.704. The molecule has 2 heterocycles. The standard InChI is InChI=1S/C14H15ClN2/c15-14-12-8-4-5-9-17(12)13(16-14)10-11-6-2-1-3-7-11/h1-3,6-7H,4-5,8-10H2. The molecule has 0 saturated carbocycles. The molecule has 0 spiro atoms. The van der Waals surface area contributed by atoms with Gasteiger partial charge in [-0.2, -0.15) is 0 Å². The van der Waals surface area contributed by atoms with Crippen LogP contribution >= 0.6 is 11.6 Å². The van der Waals surface area contributed by atoms with E-state index in [-0.39, 0.29) is 0 Å². The number of fused-ring (bicyclic) bond motifs is 1. The lowest BCUT2D eigenvalue weighted by Crippen LogP contribution is -2.13. The number of nitrogens with zero attached hydrogens (tertiary/aromatic N) is 2. The molecule has 1 aliphatic heterocycles. The highest BCUT2D eigenvalue weighted by Crippen LogP contribution is 2.25. The molecule has 0 atom stereocenters. The van der Waals surface area contributed by atoms with Gasteiger partial charge in [-0.05, 0) is 24.8 Å². The third-order valence-corrected chi connectivity index (χ3v) is 3.66. The summed E-state index contributed by atoms with van der Waals surface area (Å²) >= 11 is 6.20. The Morgan fingerprint density at radius 1 is 1.18 bits per heavy atom. The third kappa shape index (κ3) is 2.09. The first-order valence-corrected chi connectivity index (χ1v) is 6.50. The van der Waals surface area contributed by atoms with E-state index in [0.29, 0.717) is 5.15 Å². The van der Waals surface area contributed by atoms with E-state index < -0.39 is 0 Å². The molecule has 0 aliphatic carbocycles. The van der Waals surface area contributed by atoms with Crippen molar-refractivity contribution in [3.63, 3.8) is 0 Å². The third-order valence-electron chi connectivity index (χ3n) is 3.35. The maximum Gasteiger partial charge on any atom is 0.150 e. The minimum Gasteiger partial charge on any atom is -0.330 e. The first kappa shape index (κ1) is 10.8. The molecule has 2 nitrogen and oxygen atoms in total. The van der Waals surface area contributed by atoms with Crippen molar-refractivity contribution in [3.8, 4) is 0 Å². The van der Waals surface area contributed by atoms with Crippen molar-refractivity contribution in [2.45, 2.75) is 32.2 Å². The van der Waals surface area contributed by atoms with Crippen molar-refractivity contribution < 1.29 is 0 Å². The van der Waals surface area contributed by atoms with Crippen LogP contribution in [0.2, 0.25) is 5.15 Å². The summed E-state index contributed by atoms with van der Waals surface area (Å²) in [4.78, 5) is 4.52. The Balaban J connectivity index is 1.93. The van der Waals surface area contributed by atoms with Crippen LogP contribution < -0.4 is 0 Å². The highest BCUT2D eigenvalue weighted by molar-refractivity contribution is 6.30. The second-order valence-electron chi connectivity index (χ2n) is 4.54. The summed E-state index contributed by atoms with van der Waals surface area (Å²) in [6, 6.07) is 10.4. The van der Waals surface area contributed by atoms with Crippen LogP contribution in [-0.4, -0.2) is 9.55 Å². The lowest BCUT2D eigenvalue weighted by atomic mass is 10.1. The van der Waals surface area contributed by atoms with Gasteiger partial charge < -0.3 is 4.57 Å². The number of imidazole rings is 1. The topological polar surface area (TPSA) is 17.8 Å². The molecule has 17 heavy (non-hydrogen) atoms. The van der Waals surface area contributed by atoms with Gasteiger partial charge in [0.2, 0.25) is 0 Å². The summed E-state index contributed by atoms with van der Waals surface area (Å²) < 4.78 is 2.30. The zero-order valence-electron chi connectivity index (χ0n) is 9.69. The average molecular weight is 247 g/mol. The van der Waals surface area contributed by atoms with Crippen molar-refractivity contribution in [1.82, 2.24) is 9.55 Å². The summed E-state index contributed by atoms with van der Waals surface area (Å²) in [6.07, 6.45) is 4.42.